The zero-order valence-electron chi connectivity index (χ0n) is 17.6. The lowest BCUT2D eigenvalue weighted by molar-refractivity contribution is -0.157. The molecule has 0 radical (unpaired) electrons. The molecule has 1 amide bonds. The van der Waals surface area contributed by atoms with Crippen molar-refractivity contribution in [1.82, 2.24) is 10.2 Å². The molecule has 3 rings (SSSR count). The van der Waals surface area contributed by atoms with Crippen molar-refractivity contribution in [2.45, 2.75) is 51.3 Å². The van der Waals surface area contributed by atoms with Gasteiger partial charge in [-0.3, -0.25) is 4.79 Å². The van der Waals surface area contributed by atoms with Gasteiger partial charge in [-0.15, -0.1) is 0 Å². The predicted octanol–water partition coefficient (Wildman–Crippen LogP) is 3.46. The molecule has 0 saturated carbocycles. The lowest BCUT2D eigenvalue weighted by atomic mass is 9.91. The number of rotatable bonds is 8. The number of nitrogens with one attached hydrogen (secondary N) is 1. The van der Waals surface area contributed by atoms with Crippen LogP contribution in [0.3, 0.4) is 0 Å². The lowest BCUT2D eigenvalue weighted by Gasteiger charge is -2.38. The van der Waals surface area contributed by atoms with Crippen LogP contribution in [-0.4, -0.2) is 41.7 Å². The second-order valence-corrected chi connectivity index (χ2v) is 8.21. The minimum Gasteiger partial charge on any atom is -0.497 e. The normalized spacial score (nSPS) is 19.6. The molecule has 0 spiro atoms. The smallest absolute Gasteiger partial charge is 0.256 e. The van der Waals surface area contributed by atoms with Crippen LogP contribution in [0.1, 0.15) is 49.3 Å². The molecule has 1 aliphatic rings. The molecule has 0 aromatic heterocycles. The highest BCUT2D eigenvalue weighted by Crippen LogP contribution is 2.24. The summed E-state index contributed by atoms with van der Waals surface area (Å²) in [5.74, 6) is 1.12. The molecular weight excluding hydrogens is 364 g/mol. The van der Waals surface area contributed by atoms with Crippen molar-refractivity contribution in [2.24, 2.45) is 0 Å². The molecular formula is C24H32N2O3. The van der Waals surface area contributed by atoms with Gasteiger partial charge in [0.2, 0.25) is 0 Å². The van der Waals surface area contributed by atoms with E-state index in [0.29, 0.717) is 32.0 Å². The van der Waals surface area contributed by atoms with Crippen molar-refractivity contribution in [3.8, 4) is 5.75 Å². The summed E-state index contributed by atoms with van der Waals surface area (Å²) in [6, 6.07) is 16.2. The van der Waals surface area contributed by atoms with E-state index in [1.54, 1.807) is 12.0 Å². The second-order valence-electron chi connectivity index (χ2n) is 8.21. The number of benzene rings is 2. The van der Waals surface area contributed by atoms with Crippen LogP contribution in [0.2, 0.25) is 0 Å². The van der Waals surface area contributed by atoms with Gasteiger partial charge in [0.15, 0.2) is 5.60 Å². The minimum absolute atomic E-state index is 0.182. The first-order valence-corrected chi connectivity index (χ1v) is 10.4. The zero-order valence-corrected chi connectivity index (χ0v) is 17.6. The average molecular weight is 397 g/mol. The minimum atomic E-state index is -1.34. The number of likely N-dealkylation sites (tertiary alicyclic amines) is 1. The van der Waals surface area contributed by atoms with Gasteiger partial charge < -0.3 is 20.1 Å². The van der Waals surface area contributed by atoms with Crippen LogP contribution in [0.15, 0.2) is 48.5 Å². The standard InChI is InChI=1S/C24H32N2O3/c1-18(2)21-9-5-20(6-10-21)16-26-14-4-13-24(28,23(26)27)17-25-15-19-7-11-22(29-3)12-8-19/h5-12,18,25,28H,4,13-17H2,1-3H3/t24-/m0/s1. The van der Waals surface area contributed by atoms with E-state index in [1.807, 2.05) is 24.3 Å². The Morgan fingerprint density at radius 2 is 1.76 bits per heavy atom. The molecule has 1 heterocycles. The van der Waals surface area contributed by atoms with E-state index in [0.717, 1.165) is 23.3 Å². The van der Waals surface area contributed by atoms with Crippen molar-refractivity contribution < 1.29 is 14.6 Å². The molecule has 2 aromatic rings. The Morgan fingerprint density at radius 3 is 2.38 bits per heavy atom. The van der Waals surface area contributed by atoms with Gasteiger partial charge >= 0.3 is 0 Å². The first-order valence-electron chi connectivity index (χ1n) is 10.4. The number of nitrogens with zero attached hydrogens (tertiary/aromatic N) is 1. The summed E-state index contributed by atoms with van der Waals surface area (Å²) in [6.07, 6.45) is 1.29. The van der Waals surface area contributed by atoms with Crippen molar-refractivity contribution >= 4 is 5.91 Å². The van der Waals surface area contributed by atoms with Crippen LogP contribution in [0.5, 0.6) is 5.75 Å². The molecule has 1 aliphatic heterocycles. The van der Waals surface area contributed by atoms with Gasteiger partial charge in [-0.25, -0.2) is 0 Å². The van der Waals surface area contributed by atoms with E-state index in [9.17, 15) is 9.90 Å². The summed E-state index contributed by atoms with van der Waals surface area (Å²) in [5, 5.41) is 14.2. The van der Waals surface area contributed by atoms with E-state index in [4.69, 9.17) is 4.74 Å². The van der Waals surface area contributed by atoms with Gasteiger partial charge in [-0.05, 0) is 47.6 Å². The molecule has 1 fully saturated rings. The van der Waals surface area contributed by atoms with E-state index in [-0.39, 0.29) is 12.5 Å². The number of carbonyl (C=O) groups is 1. The van der Waals surface area contributed by atoms with E-state index >= 15 is 0 Å². The highest BCUT2D eigenvalue weighted by Gasteiger charge is 2.41. The van der Waals surface area contributed by atoms with E-state index in [1.165, 1.54) is 5.56 Å². The quantitative estimate of drug-likeness (QED) is 0.717. The number of amides is 1. The fourth-order valence-corrected chi connectivity index (χ4v) is 3.77. The summed E-state index contributed by atoms with van der Waals surface area (Å²) in [4.78, 5) is 14.8. The maximum atomic E-state index is 13.0. The van der Waals surface area contributed by atoms with Crippen LogP contribution >= 0.6 is 0 Å². The molecule has 156 valence electrons. The summed E-state index contributed by atoms with van der Waals surface area (Å²) >= 11 is 0. The molecule has 1 atom stereocenters. The van der Waals surface area contributed by atoms with Crippen LogP contribution in [0.4, 0.5) is 0 Å². The molecule has 5 heteroatoms. The number of carbonyl (C=O) groups excluding carboxylic acids is 1. The molecule has 1 saturated heterocycles. The lowest BCUT2D eigenvalue weighted by Crippen LogP contribution is -2.57. The van der Waals surface area contributed by atoms with Gasteiger partial charge in [-0.1, -0.05) is 50.2 Å². The zero-order chi connectivity index (χ0) is 20.9. The monoisotopic (exact) mass is 396 g/mol. The van der Waals surface area contributed by atoms with Crippen molar-refractivity contribution in [1.29, 1.82) is 0 Å². The molecule has 29 heavy (non-hydrogen) atoms. The van der Waals surface area contributed by atoms with Gasteiger partial charge in [0.25, 0.3) is 5.91 Å². The predicted molar refractivity (Wildman–Crippen MR) is 115 cm³/mol. The summed E-state index contributed by atoms with van der Waals surface area (Å²) < 4.78 is 5.17. The highest BCUT2D eigenvalue weighted by atomic mass is 16.5. The third-order valence-electron chi connectivity index (χ3n) is 5.63. The van der Waals surface area contributed by atoms with E-state index in [2.05, 4.69) is 43.4 Å². The Bertz CT molecular complexity index is 802. The first kappa shape index (κ1) is 21.3. The molecule has 2 aromatic carbocycles. The third-order valence-corrected chi connectivity index (χ3v) is 5.63. The van der Waals surface area contributed by atoms with Gasteiger partial charge in [0, 0.05) is 26.2 Å². The molecule has 0 bridgehead atoms. The number of hydrogen-bond acceptors (Lipinski definition) is 4. The topological polar surface area (TPSA) is 61.8 Å². The average Bonchev–Trinajstić information content (AvgIpc) is 2.72. The van der Waals surface area contributed by atoms with Gasteiger partial charge in [-0.2, -0.15) is 0 Å². The Hall–Kier alpha value is -2.37. The van der Waals surface area contributed by atoms with Gasteiger partial charge in [0.1, 0.15) is 5.75 Å². The number of piperidine rings is 1. The Kier molecular flexibility index (Phi) is 6.93. The Morgan fingerprint density at radius 1 is 1.10 bits per heavy atom. The molecule has 0 aliphatic carbocycles. The summed E-state index contributed by atoms with van der Waals surface area (Å²) in [7, 11) is 1.64. The molecule has 0 unspecified atom stereocenters. The van der Waals surface area contributed by atoms with Crippen molar-refractivity contribution in [3.05, 3.63) is 65.2 Å². The SMILES string of the molecule is COc1ccc(CNC[C@@]2(O)CCCN(Cc3ccc(C(C)C)cc3)C2=O)cc1. The Balaban J connectivity index is 1.56. The summed E-state index contributed by atoms with van der Waals surface area (Å²) in [5.41, 5.74) is 2.12. The van der Waals surface area contributed by atoms with Crippen LogP contribution in [-0.2, 0) is 17.9 Å². The number of ether oxygens (including phenoxy) is 1. The fraction of sp³-hybridized carbons (Fsp3) is 0.458. The van der Waals surface area contributed by atoms with Crippen LogP contribution in [0, 0.1) is 0 Å². The molecule has 2 N–H and O–H groups in total. The third kappa shape index (κ3) is 5.37. The van der Waals surface area contributed by atoms with Crippen LogP contribution < -0.4 is 10.1 Å². The van der Waals surface area contributed by atoms with E-state index < -0.39 is 5.60 Å². The fourth-order valence-electron chi connectivity index (χ4n) is 3.77. The Labute approximate surface area is 173 Å². The van der Waals surface area contributed by atoms with Crippen molar-refractivity contribution in [2.75, 3.05) is 20.2 Å². The first-order chi connectivity index (χ1) is 13.9. The summed E-state index contributed by atoms with van der Waals surface area (Å²) in [6.45, 7) is 6.41. The van der Waals surface area contributed by atoms with Crippen molar-refractivity contribution in [3.63, 3.8) is 0 Å². The number of aliphatic hydroxyl groups is 1. The maximum Gasteiger partial charge on any atom is 0.256 e. The second kappa shape index (κ2) is 9.42. The maximum absolute atomic E-state index is 13.0. The molecule has 5 nitrogen and oxygen atoms in total. The van der Waals surface area contributed by atoms with Crippen LogP contribution in [0.25, 0.3) is 0 Å². The highest BCUT2D eigenvalue weighted by molar-refractivity contribution is 5.86. The largest absolute Gasteiger partial charge is 0.497 e. The number of methoxy groups -OCH3 is 1. The van der Waals surface area contributed by atoms with Gasteiger partial charge in [0.05, 0.1) is 7.11 Å². The number of hydrogen-bond donors (Lipinski definition) is 2.